The lowest BCUT2D eigenvalue weighted by atomic mass is 9.96. The highest BCUT2D eigenvalue weighted by atomic mass is 35.5. The van der Waals surface area contributed by atoms with Crippen molar-refractivity contribution in [2.75, 3.05) is 18.0 Å². The van der Waals surface area contributed by atoms with Crippen LogP contribution >= 0.6 is 23.1 Å². The fourth-order valence-corrected chi connectivity index (χ4v) is 3.76. The van der Waals surface area contributed by atoms with Gasteiger partial charge in [0.1, 0.15) is 4.34 Å². The minimum absolute atomic E-state index is 0.116. The largest absolute Gasteiger partial charge is 0.391 e. The van der Waals surface area contributed by atoms with Gasteiger partial charge in [-0.2, -0.15) is 13.2 Å². The minimum atomic E-state index is -4.10. The van der Waals surface area contributed by atoms with E-state index in [1.807, 2.05) is 17.0 Å². The van der Waals surface area contributed by atoms with Crippen LogP contribution in [0.25, 0.3) is 5.69 Å². The van der Waals surface area contributed by atoms with Crippen molar-refractivity contribution in [1.29, 1.82) is 0 Å². The SMILES string of the molecule is O=c1cc(Cl)sn1-c1ccc(N2CCC(C(F)(F)F)CC2)cc1. The van der Waals surface area contributed by atoms with Crippen molar-refractivity contribution in [2.24, 2.45) is 5.92 Å². The number of piperidine rings is 1. The third kappa shape index (κ3) is 3.55. The highest BCUT2D eigenvalue weighted by molar-refractivity contribution is 7.11. The molecule has 0 radical (unpaired) electrons. The lowest BCUT2D eigenvalue weighted by molar-refractivity contribution is -0.179. The lowest BCUT2D eigenvalue weighted by Gasteiger charge is -2.34. The fourth-order valence-electron chi connectivity index (χ4n) is 2.76. The van der Waals surface area contributed by atoms with Gasteiger partial charge in [0.2, 0.25) is 0 Å². The van der Waals surface area contributed by atoms with E-state index in [0.29, 0.717) is 23.1 Å². The Labute approximate surface area is 140 Å². The van der Waals surface area contributed by atoms with Gasteiger partial charge >= 0.3 is 6.18 Å². The zero-order chi connectivity index (χ0) is 16.6. The number of benzene rings is 1. The molecule has 124 valence electrons. The number of halogens is 4. The van der Waals surface area contributed by atoms with Gasteiger partial charge in [0.25, 0.3) is 5.56 Å². The van der Waals surface area contributed by atoms with Crippen LogP contribution in [0, 0.1) is 5.92 Å². The Morgan fingerprint density at radius 2 is 1.65 bits per heavy atom. The van der Waals surface area contributed by atoms with Gasteiger partial charge in [-0.3, -0.25) is 4.79 Å². The molecule has 0 atom stereocenters. The first-order valence-electron chi connectivity index (χ1n) is 7.15. The maximum Gasteiger partial charge on any atom is 0.391 e. The number of aromatic nitrogens is 1. The predicted octanol–water partition coefficient (Wildman–Crippen LogP) is 4.33. The first-order chi connectivity index (χ1) is 10.8. The monoisotopic (exact) mass is 362 g/mol. The van der Waals surface area contributed by atoms with E-state index in [1.54, 1.807) is 12.1 Å². The van der Waals surface area contributed by atoms with Gasteiger partial charge in [0.05, 0.1) is 11.6 Å². The summed E-state index contributed by atoms with van der Waals surface area (Å²) in [5, 5.41) is 0. The standard InChI is InChI=1S/C15H14ClF3N2OS/c16-13-9-14(22)21(23-13)12-3-1-11(2-4-12)20-7-5-10(6-8-20)15(17,18)19/h1-4,9-10H,5-8H2. The zero-order valence-corrected chi connectivity index (χ0v) is 13.6. The molecule has 0 N–H and O–H groups in total. The van der Waals surface area contributed by atoms with Crippen molar-refractivity contribution in [2.45, 2.75) is 19.0 Å². The van der Waals surface area contributed by atoms with Crippen LogP contribution in [0.3, 0.4) is 0 Å². The summed E-state index contributed by atoms with van der Waals surface area (Å²) in [5.74, 6) is -1.20. The number of hydrogen-bond donors (Lipinski definition) is 0. The van der Waals surface area contributed by atoms with E-state index < -0.39 is 12.1 Å². The van der Waals surface area contributed by atoms with Gasteiger partial charge in [0, 0.05) is 24.8 Å². The Kier molecular flexibility index (Phi) is 4.42. The Morgan fingerprint density at radius 1 is 1.09 bits per heavy atom. The molecule has 2 heterocycles. The molecule has 0 unspecified atom stereocenters. The smallest absolute Gasteiger partial charge is 0.372 e. The number of alkyl halides is 3. The average molecular weight is 363 g/mol. The lowest BCUT2D eigenvalue weighted by Crippen LogP contribution is -2.38. The van der Waals surface area contributed by atoms with Crippen molar-refractivity contribution in [3.63, 3.8) is 0 Å². The molecule has 0 aliphatic carbocycles. The molecule has 23 heavy (non-hydrogen) atoms. The van der Waals surface area contributed by atoms with E-state index >= 15 is 0 Å². The number of rotatable bonds is 2. The quantitative estimate of drug-likeness (QED) is 0.794. The molecule has 1 fully saturated rings. The Balaban J connectivity index is 1.71. The molecule has 1 aliphatic heterocycles. The van der Waals surface area contributed by atoms with Gasteiger partial charge in [-0.05, 0) is 48.6 Å². The van der Waals surface area contributed by atoms with Crippen LogP contribution in [0.1, 0.15) is 12.8 Å². The molecule has 1 aliphatic rings. The number of hydrogen-bond acceptors (Lipinski definition) is 3. The molecule has 1 aromatic carbocycles. The van der Waals surface area contributed by atoms with Crippen molar-refractivity contribution in [3.05, 3.63) is 45.0 Å². The van der Waals surface area contributed by atoms with Gasteiger partial charge in [0.15, 0.2) is 0 Å². The summed E-state index contributed by atoms with van der Waals surface area (Å²) in [6.45, 7) is 0.766. The third-order valence-corrected chi connectivity index (χ3v) is 5.20. The Morgan fingerprint density at radius 3 is 2.13 bits per heavy atom. The Hall–Kier alpha value is -1.47. The fraction of sp³-hybridized carbons (Fsp3) is 0.400. The van der Waals surface area contributed by atoms with Crippen molar-refractivity contribution >= 4 is 28.8 Å². The van der Waals surface area contributed by atoms with E-state index in [-0.39, 0.29) is 18.4 Å². The molecule has 0 spiro atoms. The summed E-state index contributed by atoms with van der Waals surface area (Å²) in [5.41, 5.74) is 1.37. The van der Waals surface area contributed by atoms with Crippen LogP contribution in [0.5, 0.6) is 0 Å². The molecule has 3 nitrogen and oxygen atoms in total. The van der Waals surface area contributed by atoms with Crippen molar-refractivity contribution < 1.29 is 13.2 Å². The highest BCUT2D eigenvalue weighted by Crippen LogP contribution is 2.35. The van der Waals surface area contributed by atoms with Gasteiger partial charge in [-0.25, -0.2) is 3.96 Å². The summed E-state index contributed by atoms with van der Waals surface area (Å²) in [7, 11) is 0. The molecular formula is C15H14ClF3N2OS. The molecule has 0 bridgehead atoms. The normalized spacial score (nSPS) is 16.8. The van der Waals surface area contributed by atoms with E-state index in [1.165, 1.54) is 10.0 Å². The topological polar surface area (TPSA) is 25.2 Å². The van der Waals surface area contributed by atoms with Crippen molar-refractivity contribution in [3.8, 4) is 5.69 Å². The second kappa shape index (κ2) is 6.20. The maximum atomic E-state index is 12.7. The molecule has 1 aromatic heterocycles. The van der Waals surface area contributed by atoms with Crippen LogP contribution in [0.15, 0.2) is 35.1 Å². The van der Waals surface area contributed by atoms with E-state index in [0.717, 1.165) is 17.2 Å². The van der Waals surface area contributed by atoms with Crippen LogP contribution in [-0.2, 0) is 0 Å². The summed E-state index contributed by atoms with van der Waals surface area (Å²) in [4.78, 5) is 13.7. The second-order valence-corrected chi connectivity index (χ2v) is 7.11. The van der Waals surface area contributed by atoms with Crippen molar-refractivity contribution in [1.82, 2.24) is 3.96 Å². The van der Waals surface area contributed by atoms with Crippen LogP contribution in [0.4, 0.5) is 18.9 Å². The zero-order valence-electron chi connectivity index (χ0n) is 12.0. The van der Waals surface area contributed by atoms with Crippen LogP contribution in [-0.4, -0.2) is 23.2 Å². The molecule has 1 saturated heterocycles. The highest BCUT2D eigenvalue weighted by Gasteiger charge is 2.41. The summed E-state index contributed by atoms with van der Waals surface area (Å²) in [6, 6.07) is 8.55. The summed E-state index contributed by atoms with van der Waals surface area (Å²) in [6.07, 6.45) is -3.87. The Bertz CT molecular complexity index is 730. The van der Waals surface area contributed by atoms with E-state index in [4.69, 9.17) is 11.6 Å². The molecular weight excluding hydrogens is 349 g/mol. The van der Waals surface area contributed by atoms with Gasteiger partial charge in [-0.1, -0.05) is 11.6 Å². The average Bonchev–Trinajstić information content (AvgIpc) is 2.85. The first kappa shape index (κ1) is 16.4. The van der Waals surface area contributed by atoms with E-state index in [9.17, 15) is 18.0 Å². The van der Waals surface area contributed by atoms with E-state index in [2.05, 4.69) is 0 Å². The molecule has 3 rings (SSSR count). The second-order valence-electron chi connectivity index (χ2n) is 5.49. The molecule has 8 heteroatoms. The van der Waals surface area contributed by atoms with Gasteiger partial charge in [-0.15, -0.1) is 0 Å². The predicted molar refractivity (Wildman–Crippen MR) is 85.9 cm³/mol. The summed E-state index contributed by atoms with van der Waals surface area (Å²) >= 11 is 6.96. The van der Waals surface area contributed by atoms with Crippen LogP contribution < -0.4 is 10.5 Å². The number of nitrogens with zero attached hydrogens (tertiary/aromatic N) is 2. The third-order valence-electron chi connectivity index (χ3n) is 4.02. The van der Waals surface area contributed by atoms with Crippen LogP contribution in [0.2, 0.25) is 4.34 Å². The first-order valence-corrected chi connectivity index (χ1v) is 8.31. The minimum Gasteiger partial charge on any atom is -0.372 e. The maximum absolute atomic E-state index is 12.7. The summed E-state index contributed by atoms with van der Waals surface area (Å²) < 4.78 is 40.0. The molecule has 0 saturated carbocycles. The molecule has 0 amide bonds. The number of anilines is 1. The van der Waals surface area contributed by atoms with Gasteiger partial charge < -0.3 is 4.90 Å². The molecule has 2 aromatic rings.